The molecule has 1 fully saturated rings. The summed E-state index contributed by atoms with van der Waals surface area (Å²) in [7, 11) is 0. The minimum absolute atomic E-state index is 0.173. The maximum absolute atomic E-state index is 12.6. The molecule has 1 aliphatic rings. The molecule has 1 saturated heterocycles. The number of aromatic nitrogens is 1. The molecule has 0 unspecified atom stereocenters. The van der Waals surface area contributed by atoms with Gasteiger partial charge >= 0.3 is 0 Å². The number of thioether (sulfide) groups is 1. The molecule has 4 rings (SSSR count). The molecule has 1 aromatic heterocycles. The fraction of sp³-hybridized carbons (Fsp3) is 0.200. The summed E-state index contributed by atoms with van der Waals surface area (Å²) in [6, 6.07) is 15.5. The third-order valence-corrected chi connectivity index (χ3v) is 6.60. The monoisotopic (exact) mass is 415 g/mol. The Labute approximate surface area is 171 Å². The lowest BCUT2D eigenvalue weighted by atomic mass is 10.2. The Morgan fingerprint density at radius 1 is 1.11 bits per heavy atom. The molecule has 7 heteroatoms. The molecule has 0 aliphatic carbocycles. The molecule has 138 valence electrons. The topological polar surface area (TPSA) is 45.2 Å². The van der Waals surface area contributed by atoms with Gasteiger partial charge < -0.3 is 10.2 Å². The van der Waals surface area contributed by atoms with Crippen LogP contribution in [0.2, 0.25) is 5.02 Å². The van der Waals surface area contributed by atoms with Gasteiger partial charge in [0.2, 0.25) is 0 Å². The van der Waals surface area contributed by atoms with Gasteiger partial charge in [0.15, 0.2) is 0 Å². The van der Waals surface area contributed by atoms with Gasteiger partial charge in [-0.1, -0.05) is 41.9 Å². The van der Waals surface area contributed by atoms with Gasteiger partial charge in [0.25, 0.3) is 5.91 Å². The summed E-state index contributed by atoms with van der Waals surface area (Å²) in [6.45, 7) is 2.00. The number of hydrogen-bond donors (Lipinski definition) is 1. The standard InChI is InChI=1S/C20H18ClN3OS2/c21-16-12-15(6-7-17(16)24-8-10-26-11-9-24)23-19(25)18-13-22-20(27-18)14-4-2-1-3-5-14/h1-7,12-13H,8-11H2,(H,23,25). The van der Waals surface area contributed by atoms with E-state index in [-0.39, 0.29) is 5.91 Å². The van der Waals surface area contributed by atoms with Crippen molar-refractivity contribution in [2.75, 3.05) is 34.8 Å². The Bertz CT molecular complexity index is 939. The third kappa shape index (κ3) is 4.29. The van der Waals surface area contributed by atoms with Crippen LogP contribution in [0.1, 0.15) is 9.67 Å². The van der Waals surface area contributed by atoms with Crippen molar-refractivity contribution in [1.82, 2.24) is 4.98 Å². The molecule has 2 heterocycles. The van der Waals surface area contributed by atoms with Crippen molar-refractivity contribution >= 4 is 52.0 Å². The fourth-order valence-corrected chi connectivity index (χ4v) is 4.95. The molecule has 4 nitrogen and oxygen atoms in total. The summed E-state index contributed by atoms with van der Waals surface area (Å²) < 4.78 is 0. The lowest BCUT2D eigenvalue weighted by molar-refractivity contribution is 0.103. The highest BCUT2D eigenvalue weighted by Crippen LogP contribution is 2.31. The molecule has 0 radical (unpaired) electrons. The zero-order chi connectivity index (χ0) is 18.6. The Balaban J connectivity index is 1.47. The second kappa shape index (κ2) is 8.33. The van der Waals surface area contributed by atoms with E-state index in [9.17, 15) is 4.79 Å². The van der Waals surface area contributed by atoms with Crippen LogP contribution in [0.15, 0.2) is 54.7 Å². The molecular formula is C20H18ClN3OS2. The first-order valence-corrected chi connectivity index (χ1v) is 11.0. The van der Waals surface area contributed by atoms with Gasteiger partial charge in [0.1, 0.15) is 9.88 Å². The minimum Gasteiger partial charge on any atom is -0.369 e. The van der Waals surface area contributed by atoms with Crippen LogP contribution in [0.3, 0.4) is 0 Å². The van der Waals surface area contributed by atoms with E-state index in [1.165, 1.54) is 11.3 Å². The average molecular weight is 416 g/mol. The number of thiazole rings is 1. The predicted octanol–water partition coefficient (Wildman–Crippen LogP) is 5.27. The van der Waals surface area contributed by atoms with Gasteiger partial charge in [-0.3, -0.25) is 4.79 Å². The number of nitrogens with one attached hydrogen (secondary N) is 1. The van der Waals surface area contributed by atoms with Crippen LogP contribution >= 0.6 is 34.7 Å². The average Bonchev–Trinajstić information content (AvgIpc) is 3.20. The molecule has 27 heavy (non-hydrogen) atoms. The molecule has 0 spiro atoms. The molecule has 1 aliphatic heterocycles. The zero-order valence-electron chi connectivity index (χ0n) is 14.5. The van der Waals surface area contributed by atoms with Crippen LogP contribution in [0.5, 0.6) is 0 Å². The van der Waals surface area contributed by atoms with E-state index in [0.29, 0.717) is 15.6 Å². The summed E-state index contributed by atoms with van der Waals surface area (Å²) in [4.78, 5) is 19.8. The molecule has 0 atom stereocenters. The lowest BCUT2D eigenvalue weighted by Gasteiger charge is -2.29. The quantitative estimate of drug-likeness (QED) is 0.630. The van der Waals surface area contributed by atoms with E-state index in [2.05, 4.69) is 15.2 Å². The Hall–Kier alpha value is -2.02. The van der Waals surface area contributed by atoms with Crippen LogP contribution in [0, 0.1) is 0 Å². The second-order valence-electron chi connectivity index (χ2n) is 6.12. The summed E-state index contributed by atoms with van der Waals surface area (Å²) in [5, 5.41) is 4.41. The van der Waals surface area contributed by atoms with Crippen molar-refractivity contribution in [1.29, 1.82) is 0 Å². The highest BCUT2D eigenvalue weighted by atomic mass is 35.5. The van der Waals surface area contributed by atoms with Crippen LogP contribution in [0.25, 0.3) is 10.6 Å². The van der Waals surface area contributed by atoms with Gasteiger partial charge in [-0.2, -0.15) is 11.8 Å². The van der Waals surface area contributed by atoms with E-state index in [4.69, 9.17) is 11.6 Å². The van der Waals surface area contributed by atoms with Crippen LogP contribution < -0.4 is 10.2 Å². The second-order valence-corrected chi connectivity index (χ2v) is 8.78. The normalized spacial score (nSPS) is 14.2. The van der Waals surface area contributed by atoms with E-state index >= 15 is 0 Å². The first kappa shape index (κ1) is 18.3. The maximum atomic E-state index is 12.6. The zero-order valence-corrected chi connectivity index (χ0v) is 16.9. The number of halogens is 1. The first-order valence-electron chi connectivity index (χ1n) is 8.65. The number of rotatable bonds is 4. The van der Waals surface area contributed by atoms with E-state index in [0.717, 1.165) is 40.9 Å². The van der Waals surface area contributed by atoms with Crippen molar-refractivity contribution in [2.24, 2.45) is 0 Å². The number of carbonyl (C=O) groups excluding carboxylic acids is 1. The Kier molecular flexibility index (Phi) is 5.66. The molecule has 1 amide bonds. The lowest BCUT2D eigenvalue weighted by Crippen LogP contribution is -2.32. The molecule has 2 aromatic carbocycles. The smallest absolute Gasteiger partial charge is 0.267 e. The summed E-state index contributed by atoms with van der Waals surface area (Å²) in [6.07, 6.45) is 1.61. The Morgan fingerprint density at radius 3 is 2.63 bits per heavy atom. The van der Waals surface area contributed by atoms with E-state index < -0.39 is 0 Å². The van der Waals surface area contributed by atoms with Crippen molar-refractivity contribution in [3.63, 3.8) is 0 Å². The fourth-order valence-electron chi connectivity index (χ4n) is 2.93. The highest BCUT2D eigenvalue weighted by Gasteiger charge is 2.16. The Morgan fingerprint density at radius 2 is 1.89 bits per heavy atom. The number of benzene rings is 2. The number of nitrogens with zero attached hydrogens (tertiary/aromatic N) is 2. The SMILES string of the molecule is O=C(Nc1ccc(N2CCSCC2)c(Cl)c1)c1cnc(-c2ccccc2)s1. The molecular weight excluding hydrogens is 398 g/mol. The van der Waals surface area contributed by atoms with E-state index in [1.807, 2.05) is 60.3 Å². The predicted molar refractivity (Wildman–Crippen MR) is 116 cm³/mol. The van der Waals surface area contributed by atoms with Gasteiger partial charge in [0, 0.05) is 35.8 Å². The third-order valence-electron chi connectivity index (χ3n) is 4.31. The van der Waals surface area contributed by atoms with Crippen molar-refractivity contribution in [3.05, 3.63) is 64.6 Å². The van der Waals surface area contributed by atoms with Gasteiger partial charge in [-0.15, -0.1) is 11.3 Å². The van der Waals surface area contributed by atoms with Crippen molar-refractivity contribution in [3.8, 4) is 10.6 Å². The van der Waals surface area contributed by atoms with Gasteiger partial charge in [-0.25, -0.2) is 4.98 Å². The summed E-state index contributed by atoms with van der Waals surface area (Å²) in [5.41, 5.74) is 2.72. The number of amides is 1. The maximum Gasteiger partial charge on any atom is 0.267 e. The highest BCUT2D eigenvalue weighted by molar-refractivity contribution is 7.99. The van der Waals surface area contributed by atoms with Crippen molar-refractivity contribution < 1.29 is 4.79 Å². The van der Waals surface area contributed by atoms with E-state index in [1.54, 1.807) is 6.20 Å². The van der Waals surface area contributed by atoms with Crippen LogP contribution in [-0.2, 0) is 0 Å². The molecule has 0 bridgehead atoms. The number of carbonyl (C=O) groups is 1. The van der Waals surface area contributed by atoms with Gasteiger partial charge in [-0.05, 0) is 18.2 Å². The summed E-state index contributed by atoms with van der Waals surface area (Å²) in [5.74, 6) is 2.06. The summed E-state index contributed by atoms with van der Waals surface area (Å²) >= 11 is 9.81. The van der Waals surface area contributed by atoms with Crippen LogP contribution in [0.4, 0.5) is 11.4 Å². The number of anilines is 2. The molecule has 0 saturated carbocycles. The first-order chi connectivity index (χ1) is 13.2. The van der Waals surface area contributed by atoms with Crippen LogP contribution in [-0.4, -0.2) is 35.5 Å². The number of hydrogen-bond acceptors (Lipinski definition) is 5. The van der Waals surface area contributed by atoms with Gasteiger partial charge in [0.05, 0.1) is 16.9 Å². The minimum atomic E-state index is -0.173. The largest absolute Gasteiger partial charge is 0.369 e. The molecule has 3 aromatic rings. The van der Waals surface area contributed by atoms with Crippen molar-refractivity contribution in [2.45, 2.75) is 0 Å². The molecule has 1 N–H and O–H groups in total.